The molecule has 4 nitrogen and oxygen atoms in total. The number of ether oxygens (including phenoxy) is 1. The predicted molar refractivity (Wildman–Crippen MR) is 73.3 cm³/mol. The van der Waals surface area contributed by atoms with Gasteiger partial charge in [0.2, 0.25) is 0 Å². The average molecular weight is 290 g/mol. The zero-order valence-electron chi connectivity index (χ0n) is 10.5. The van der Waals surface area contributed by atoms with E-state index in [2.05, 4.69) is 4.98 Å². The van der Waals surface area contributed by atoms with Crippen LogP contribution < -0.4 is 0 Å². The molecule has 102 valence electrons. The van der Waals surface area contributed by atoms with Crippen LogP contribution in [0.1, 0.15) is 16.1 Å². The van der Waals surface area contributed by atoms with Crippen molar-refractivity contribution in [3.8, 4) is 0 Å². The van der Waals surface area contributed by atoms with Gasteiger partial charge in [-0.15, -0.1) is 11.3 Å². The molecular formula is C14H11FN2O2S. The molecule has 1 aliphatic rings. The Kier molecular flexibility index (Phi) is 3.47. The molecule has 20 heavy (non-hydrogen) atoms. The lowest BCUT2D eigenvalue weighted by Crippen LogP contribution is -2.27. The highest BCUT2D eigenvalue weighted by molar-refractivity contribution is 7.09. The second kappa shape index (κ2) is 5.42. The maximum absolute atomic E-state index is 13.0. The van der Waals surface area contributed by atoms with E-state index in [0.717, 1.165) is 10.6 Å². The number of nitrogens with zero attached hydrogens (tertiary/aromatic N) is 2. The summed E-state index contributed by atoms with van der Waals surface area (Å²) < 4.78 is 18.2. The van der Waals surface area contributed by atoms with Crippen LogP contribution in [0.4, 0.5) is 9.18 Å². The van der Waals surface area contributed by atoms with Crippen LogP contribution in [0, 0.1) is 5.82 Å². The lowest BCUT2D eigenvalue weighted by Gasteiger charge is -2.20. The normalized spacial score (nSPS) is 13.2. The van der Waals surface area contributed by atoms with Gasteiger partial charge in [0.1, 0.15) is 12.4 Å². The number of fused-ring (bicyclic) bond motifs is 1. The van der Waals surface area contributed by atoms with E-state index in [-0.39, 0.29) is 12.4 Å². The maximum Gasteiger partial charge on any atom is 0.414 e. The van der Waals surface area contributed by atoms with Crippen molar-refractivity contribution >= 4 is 23.5 Å². The van der Waals surface area contributed by atoms with Crippen LogP contribution in [0.15, 0.2) is 36.0 Å². The first-order chi connectivity index (χ1) is 9.72. The summed E-state index contributed by atoms with van der Waals surface area (Å²) in [6.45, 7) is 0.509. The average Bonchev–Trinajstić information content (AvgIpc) is 2.92. The number of amides is 1. The van der Waals surface area contributed by atoms with Gasteiger partial charge in [0, 0.05) is 6.20 Å². The summed E-state index contributed by atoms with van der Waals surface area (Å²) >= 11 is 1.50. The number of thiazole rings is 1. The smallest absolute Gasteiger partial charge is 0.414 e. The number of halogens is 1. The van der Waals surface area contributed by atoms with Crippen LogP contribution in [-0.4, -0.2) is 16.0 Å². The van der Waals surface area contributed by atoms with Crippen molar-refractivity contribution in [3.63, 3.8) is 0 Å². The molecule has 0 atom stereocenters. The van der Waals surface area contributed by atoms with Crippen LogP contribution in [0.2, 0.25) is 0 Å². The Bertz CT molecular complexity index is 669. The van der Waals surface area contributed by atoms with Crippen LogP contribution >= 0.6 is 11.3 Å². The number of carbonyl (C=O) groups excluding carboxylic acids is 1. The van der Waals surface area contributed by atoms with Crippen molar-refractivity contribution in [2.75, 3.05) is 0 Å². The zero-order valence-corrected chi connectivity index (χ0v) is 11.3. The molecule has 6 heteroatoms. The van der Waals surface area contributed by atoms with E-state index >= 15 is 0 Å². The molecule has 0 saturated carbocycles. The highest BCUT2D eigenvalue weighted by Crippen LogP contribution is 2.22. The van der Waals surface area contributed by atoms with Crippen molar-refractivity contribution in [1.82, 2.24) is 9.88 Å². The molecule has 0 radical (unpaired) electrons. The molecule has 1 aromatic carbocycles. The summed E-state index contributed by atoms with van der Waals surface area (Å²) in [4.78, 5) is 18.6. The van der Waals surface area contributed by atoms with Gasteiger partial charge in [0.15, 0.2) is 0 Å². The summed E-state index contributed by atoms with van der Waals surface area (Å²) in [6, 6.07) is 6.00. The van der Waals surface area contributed by atoms with Crippen molar-refractivity contribution in [3.05, 3.63) is 57.9 Å². The fourth-order valence-electron chi connectivity index (χ4n) is 1.88. The van der Waals surface area contributed by atoms with E-state index in [4.69, 9.17) is 4.74 Å². The summed E-state index contributed by atoms with van der Waals surface area (Å²) in [5, 5.41) is 0. The van der Waals surface area contributed by atoms with Crippen LogP contribution in [0.25, 0.3) is 6.08 Å². The molecule has 0 unspecified atom stereocenters. The van der Waals surface area contributed by atoms with Crippen molar-refractivity contribution in [1.29, 1.82) is 0 Å². The second-order valence-electron chi connectivity index (χ2n) is 4.29. The van der Waals surface area contributed by atoms with Crippen molar-refractivity contribution in [2.45, 2.75) is 13.2 Å². The Balaban J connectivity index is 1.60. The first-order valence-electron chi connectivity index (χ1n) is 6.01. The highest BCUT2D eigenvalue weighted by atomic mass is 32.1. The van der Waals surface area contributed by atoms with Gasteiger partial charge < -0.3 is 4.74 Å². The molecule has 0 N–H and O–H groups in total. The molecule has 2 aromatic rings. The van der Waals surface area contributed by atoms with Gasteiger partial charge in [0.05, 0.1) is 22.6 Å². The Labute approximate surface area is 119 Å². The van der Waals surface area contributed by atoms with Gasteiger partial charge in [-0.1, -0.05) is 12.1 Å². The van der Waals surface area contributed by atoms with Crippen LogP contribution in [0.3, 0.4) is 0 Å². The molecule has 2 heterocycles. The lowest BCUT2D eigenvalue weighted by atomic mass is 10.2. The number of aromatic nitrogens is 1. The van der Waals surface area contributed by atoms with E-state index in [9.17, 15) is 9.18 Å². The fourth-order valence-corrected chi connectivity index (χ4v) is 2.63. The Morgan fingerprint density at radius 3 is 3.25 bits per heavy atom. The Hall–Kier alpha value is -2.21. The van der Waals surface area contributed by atoms with Crippen molar-refractivity contribution < 1.29 is 13.9 Å². The number of rotatable bonds is 2. The third-order valence-corrected chi connectivity index (χ3v) is 3.72. The largest absolute Gasteiger partial charge is 0.444 e. The number of hydrogen-bond donors (Lipinski definition) is 0. The minimum atomic E-state index is -0.454. The van der Waals surface area contributed by atoms with E-state index < -0.39 is 6.09 Å². The monoisotopic (exact) mass is 290 g/mol. The zero-order chi connectivity index (χ0) is 13.9. The van der Waals surface area contributed by atoms with E-state index in [1.54, 1.807) is 29.9 Å². The number of carbonyl (C=O) groups is 1. The van der Waals surface area contributed by atoms with Gasteiger partial charge in [-0.25, -0.2) is 14.2 Å². The van der Waals surface area contributed by atoms with Gasteiger partial charge in [-0.3, -0.25) is 4.90 Å². The van der Waals surface area contributed by atoms with Gasteiger partial charge in [0.25, 0.3) is 0 Å². The second-order valence-corrected chi connectivity index (χ2v) is 5.23. The molecule has 1 aliphatic heterocycles. The quantitative estimate of drug-likeness (QED) is 0.851. The lowest BCUT2D eigenvalue weighted by molar-refractivity contribution is 0.109. The van der Waals surface area contributed by atoms with E-state index in [1.807, 2.05) is 0 Å². The summed E-state index contributed by atoms with van der Waals surface area (Å²) in [5.41, 5.74) is 3.26. The summed E-state index contributed by atoms with van der Waals surface area (Å²) in [5.74, 6) is -0.342. The molecule has 1 aromatic heterocycles. The molecule has 3 rings (SSSR count). The molecule has 1 amide bonds. The number of hydrogen-bond acceptors (Lipinski definition) is 4. The summed E-state index contributed by atoms with van der Waals surface area (Å²) in [6.07, 6.45) is 2.97. The molecule has 0 aliphatic carbocycles. The fraction of sp³-hybridized carbons (Fsp3) is 0.143. The standard InChI is InChI=1S/C14H11FN2O2S/c15-11-3-1-2-10(6-11)8-19-14(18)17-5-4-12-13(7-17)20-9-16-12/h1-6,9H,7-8H2. The third-order valence-electron chi connectivity index (χ3n) is 2.88. The Morgan fingerprint density at radius 1 is 1.50 bits per heavy atom. The maximum atomic E-state index is 13.0. The molecule has 0 fully saturated rings. The van der Waals surface area contributed by atoms with Gasteiger partial charge in [-0.2, -0.15) is 0 Å². The van der Waals surface area contributed by atoms with E-state index in [1.165, 1.54) is 28.4 Å². The number of benzene rings is 1. The van der Waals surface area contributed by atoms with Gasteiger partial charge >= 0.3 is 6.09 Å². The van der Waals surface area contributed by atoms with Gasteiger partial charge in [-0.05, 0) is 23.8 Å². The Morgan fingerprint density at radius 2 is 2.40 bits per heavy atom. The first-order valence-corrected chi connectivity index (χ1v) is 6.89. The van der Waals surface area contributed by atoms with Crippen molar-refractivity contribution in [2.24, 2.45) is 0 Å². The molecular weight excluding hydrogens is 279 g/mol. The van der Waals surface area contributed by atoms with E-state index in [0.29, 0.717) is 12.1 Å². The molecule has 0 saturated heterocycles. The SMILES string of the molecule is O=C(OCc1cccc(F)c1)N1C=Cc2ncsc2C1. The molecule has 0 spiro atoms. The third kappa shape index (κ3) is 2.70. The minimum Gasteiger partial charge on any atom is -0.444 e. The van der Waals surface area contributed by atoms with Crippen LogP contribution in [0.5, 0.6) is 0 Å². The topological polar surface area (TPSA) is 42.4 Å². The summed E-state index contributed by atoms with van der Waals surface area (Å²) in [7, 11) is 0. The first kappa shape index (κ1) is 12.8. The highest BCUT2D eigenvalue weighted by Gasteiger charge is 2.19. The van der Waals surface area contributed by atoms with Crippen LogP contribution in [-0.2, 0) is 17.9 Å². The minimum absolute atomic E-state index is 0.0521. The predicted octanol–water partition coefficient (Wildman–Crippen LogP) is 3.41. The molecule has 0 bridgehead atoms.